The monoisotopic (exact) mass is 295 g/mol. The van der Waals surface area contributed by atoms with E-state index < -0.39 is 0 Å². The highest BCUT2D eigenvalue weighted by atomic mass is 79.9. The summed E-state index contributed by atoms with van der Waals surface area (Å²) < 4.78 is 0. The van der Waals surface area contributed by atoms with Crippen LogP contribution in [0.5, 0.6) is 0 Å². The number of hydrogen-bond acceptors (Lipinski definition) is 1. The van der Waals surface area contributed by atoms with Gasteiger partial charge >= 0.3 is 0 Å². The lowest BCUT2D eigenvalue weighted by Gasteiger charge is -2.32. The average molecular weight is 296 g/mol. The topological polar surface area (TPSA) is 20.3 Å². The fourth-order valence-electron chi connectivity index (χ4n) is 2.25. The molecule has 1 unspecified atom stereocenters. The van der Waals surface area contributed by atoms with Crippen LogP contribution in [0.25, 0.3) is 0 Å². The molecule has 2 nitrogen and oxygen atoms in total. The van der Waals surface area contributed by atoms with Crippen molar-refractivity contribution in [2.75, 3.05) is 18.4 Å². The van der Waals surface area contributed by atoms with E-state index in [1.54, 1.807) is 0 Å². The lowest BCUT2D eigenvalue weighted by Crippen LogP contribution is -2.40. The SMILES string of the molecule is Cc1ccc(C(=O)N2CCCC(CBr)C2)cc1. The number of carbonyl (C=O) groups excluding carboxylic acids is 1. The largest absolute Gasteiger partial charge is 0.338 e. The van der Waals surface area contributed by atoms with Crippen LogP contribution in [-0.4, -0.2) is 29.2 Å². The van der Waals surface area contributed by atoms with Crippen molar-refractivity contribution in [2.45, 2.75) is 19.8 Å². The van der Waals surface area contributed by atoms with Crippen LogP contribution in [-0.2, 0) is 0 Å². The van der Waals surface area contributed by atoms with Gasteiger partial charge in [0.1, 0.15) is 0 Å². The maximum absolute atomic E-state index is 12.3. The molecule has 0 N–H and O–H groups in total. The molecule has 1 aliphatic rings. The van der Waals surface area contributed by atoms with E-state index >= 15 is 0 Å². The quantitative estimate of drug-likeness (QED) is 0.767. The zero-order valence-corrected chi connectivity index (χ0v) is 11.7. The average Bonchev–Trinajstić information content (AvgIpc) is 2.39. The molecule has 0 spiro atoms. The first-order valence-corrected chi connectivity index (χ1v) is 7.25. The zero-order valence-electron chi connectivity index (χ0n) is 10.2. The highest BCUT2D eigenvalue weighted by molar-refractivity contribution is 9.09. The minimum absolute atomic E-state index is 0.177. The van der Waals surface area contributed by atoms with E-state index in [9.17, 15) is 4.79 Å². The first kappa shape index (κ1) is 12.6. The van der Waals surface area contributed by atoms with Crippen LogP contribution in [0.1, 0.15) is 28.8 Å². The molecule has 1 amide bonds. The number of alkyl halides is 1. The normalized spacial score (nSPS) is 20.4. The number of rotatable bonds is 2. The number of amides is 1. The van der Waals surface area contributed by atoms with Crippen molar-refractivity contribution in [3.05, 3.63) is 35.4 Å². The number of benzene rings is 1. The first-order valence-electron chi connectivity index (χ1n) is 6.12. The van der Waals surface area contributed by atoms with Gasteiger partial charge in [0, 0.05) is 24.0 Å². The Balaban J connectivity index is 2.06. The molecule has 1 aliphatic heterocycles. The van der Waals surface area contributed by atoms with Gasteiger partial charge in [0.15, 0.2) is 0 Å². The molecule has 1 saturated heterocycles. The smallest absolute Gasteiger partial charge is 0.253 e. The van der Waals surface area contributed by atoms with Crippen molar-refractivity contribution in [1.29, 1.82) is 0 Å². The van der Waals surface area contributed by atoms with Gasteiger partial charge in [-0.05, 0) is 37.8 Å². The molecule has 0 aliphatic carbocycles. The van der Waals surface area contributed by atoms with E-state index in [4.69, 9.17) is 0 Å². The van der Waals surface area contributed by atoms with Crippen LogP contribution in [0.3, 0.4) is 0 Å². The summed E-state index contributed by atoms with van der Waals surface area (Å²) in [5.74, 6) is 0.786. The highest BCUT2D eigenvalue weighted by Crippen LogP contribution is 2.20. The van der Waals surface area contributed by atoms with Crippen LogP contribution in [0.15, 0.2) is 24.3 Å². The molecule has 1 atom stereocenters. The van der Waals surface area contributed by atoms with Gasteiger partial charge in [0.2, 0.25) is 0 Å². The van der Waals surface area contributed by atoms with E-state index in [0.29, 0.717) is 5.92 Å². The van der Waals surface area contributed by atoms with E-state index in [-0.39, 0.29) is 5.91 Å². The summed E-state index contributed by atoms with van der Waals surface area (Å²) in [4.78, 5) is 14.3. The van der Waals surface area contributed by atoms with Crippen LogP contribution in [0.2, 0.25) is 0 Å². The fraction of sp³-hybridized carbons (Fsp3) is 0.500. The van der Waals surface area contributed by atoms with Gasteiger partial charge in [-0.1, -0.05) is 33.6 Å². The van der Waals surface area contributed by atoms with Crippen molar-refractivity contribution in [3.8, 4) is 0 Å². The van der Waals surface area contributed by atoms with E-state index in [0.717, 1.165) is 30.4 Å². The minimum Gasteiger partial charge on any atom is -0.338 e. The predicted molar refractivity (Wildman–Crippen MR) is 73.6 cm³/mol. The number of halogens is 1. The summed E-state index contributed by atoms with van der Waals surface area (Å²) in [7, 11) is 0. The molecule has 1 heterocycles. The molecule has 17 heavy (non-hydrogen) atoms. The van der Waals surface area contributed by atoms with Gasteiger partial charge in [-0.15, -0.1) is 0 Å². The second-order valence-electron chi connectivity index (χ2n) is 4.78. The number of piperidine rings is 1. The highest BCUT2D eigenvalue weighted by Gasteiger charge is 2.23. The molecule has 2 rings (SSSR count). The van der Waals surface area contributed by atoms with Crippen molar-refractivity contribution in [2.24, 2.45) is 5.92 Å². The van der Waals surface area contributed by atoms with Crippen LogP contribution < -0.4 is 0 Å². The second kappa shape index (κ2) is 5.67. The van der Waals surface area contributed by atoms with E-state index in [2.05, 4.69) is 15.9 Å². The maximum atomic E-state index is 12.3. The molecular formula is C14H18BrNO. The van der Waals surface area contributed by atoms with E-state index in [1.807, 2.05) is 36.1 Å². The fourth-order valence-corrected chi connectivity index (χ4v) is 2.78. The Morgan fingerprint density at radius 1 is 1.41 bits per heavy atom. The molecule has 0 saturated carbocycles. The molecule has 0 radical (unpaired) electrons. The predicted octanol–water partition coefficient (Wildman–Crippen LogP) is 3.24. The van der Waals surface area contributed by atoms with Crippen LogP contribution in [0.4, 0.5) is 0 Å². The molecule has 0 aromatic heterocycles. The van der Waals surface area contributed by atoms with Crippen molar-refractivity contribution < 1.29 is 4.79 Å². The second-order valence-corrected chi connectivity index (χ2v) is 5.43. The minimum atomic E-state index is 0.177. The number of aryl methyl sites for hydroxylation is 1. The maximum Gasteiger partial charge on any atom is 0.253 e. The number of hydrogen-bond donors (Lipinski definition) is 0. The number of nitrogens with zero attached hydrogens (tertiary/aromatic N) is 1. The molecule has 0 bridgehead atoms. The molecule has 3 heteroatoms. The lowest BCUT2D eigenvalue weighted by atomic mass is 9.99. The standard InChI is InChI=1S/C14H18BrNO/c1-11-4-6-13(7-5-11)14(17)16-8-2-3-12(9-15)10-16/h4-7,12H,2-3,8-10H2,1H3. The Bertz CT molecular complexity index is 388. The Labute approximate surface area is 111 Å². The van der Waals surface area contributed by atoms with Gasteiger partial charge in [-0.2, -0.15) is 0 Å². The van der Waals surface area contributed by atoms with Gasteiger partial charge in [0.05, 0.1) is 0 Å². The molecule has 1 aromatic rings. The summed E-state index contributed by atoms with van der Waals surface area (Å²) in [6.07, 6.45) is 2.34. The number of likely N-dealkylation sites (tertiary alicyclic amines) is 1. The third-order valence-electron chi connectivity index (χ3n) is 3.32. The van der Waals surface area contributed by atoms with Crippen molar-refractivity contribution in [1.82, 2.24) is 4.90 Å². The molecule has 1 aromatic carbocycles. The van der Waals surface area contributed by atoms with Crippen molar-refractivity contribution in [3.63, 3.8) is 0 Å². The van der Waals surface area contributed by atoms with E-state index in [1.165, 1.54) is 12.0 Å². The molecule has 1 fully saturated rings. The Morgan fingerprint density at radius 2 is 2.12 bits per heavy atom. The van der Waals surface area contributed by atoms with Gasteiger partial charge < -0.3 is 4.90 Å². The molecular weight excluding hydrogens is 278 g/mol. The van der Waals surface area contributed by atoms with Gasteiger partial charge in [-0.3, -0.25) is 4.79 Å². The van der Waals surface area contributed by atoms with Gasteiger partial charge in [0.25, 0.3) is 5.91 Å². The summed E-state index contributed by atoms with van der Waals surface area (Å²) in [5, 5.41) is 0.991. The third kappa shape index (κ3) is 3.09. The Morgan fingerprint density at radius 3 is 2.76 bits per heavy atom. The summed E-state index contributed by atoms with van der Waals surface area (Å²) in [5.41, 5.74) is 2.00. The summed E-state index contributed by atoms with van der Waals surface area (Å²) in [6.45, 7) is 3.82. The van der Waals surface area contributed by atoms with Gasteiger partial charge in [-0.25, -0.2) is 0 Å². The third-order valence-corrected chi connectivity index (χ3v) is 4.24. The Hall–Kier alpha value is -0.830. The Kier molecular flexibility index (Phi) is 4.21. The van der Waals surface area contributed by atoms with Crippen molar-refractivity contribution >= 4 is 21.8 Å². The number of carbonyl (C=O) groups is 1. The first-order chi connectivity index (χ1) is 8.20. The van der Waals surface area contributed by atoms with Crippen LogP contribution >= 0.6 is 15.9 Å². The summed E-state index contributed by atoms with van der Waals surface area (Å²) in [6, 6.07) is 7.85. The summed E-state index contributed by atoms with van der Waals surface area (Å²) >= 11 is 3.52. The van der Waals surface area contributed by atoms with Crippen LogP contribution in [0, 0.1) is 12.8 Å². The lowest BCUT2D eigenvalue weighted by molar-refractivity contribution is 0.0686. The molecule has 92 valence electrons. The zero-order chi connectivity index (χ0) is 12.3.